The SMILES string of the molecule is Cn1cc[n+](C)c1C=Cc1cccc2ccccc12.[I-]. The van der Waals surface area contributed by atoms with Crippen LogP contribution in [0, 0.1) is 0 Å². The van der Waals surface area contributed by atoms with Gasteiger partial charge in [-0.1, -0.05) is 42.5 Å². The van der Waals surface area contributed by atoms with Gasteiger partial charge in [0.05, 0.1) is 14.1 Å². The first-order valence-electron chi connectivity index (χ1n) is 6.42. The van der Waals surface area contributed by atoms with E-state index in [1.54, 1.807) is 0 Å². The second-order valence-corrected chi connectivity index (χ2v) is 4.78. The molecule has 3 rings (SSSR count). The summed E-state index contributed by atoms with van der Waals surface area (Å²) in [5.74, 6) is 1.17. The molecule has 0 aliphatic heterocycles. The summed E-state index contributed by atoms with van der Waals surface area (Å²) in [5.41, 5.74) is 1.25. The van der Waals surface area contributed by atoms with Crippen LogP contribution in [-0.2, 0) is 14.1 Å². The van der Waals surface area contributed by atoms with Crippen molar-refractivity contribution in [3.63, 3.8) is 0 Å². The van der Waals surface area contributed by atoms with Crippen LogP contribution in [0.1, 0.15) is 11.4 Å². The van der Waals surface area contributed by atoms with Crippen LogP contribution in [0.3, 0.4) is 0 Å². The van der Waals surface area contributed by atoms with Gasteiger partial charge in [0.15, 0.2) is 0 Å². The van der Waals surface area contributed by atoms with Crippen molar-refractivity contribution in [2.75, 3.05) is 0 Å². The van der Waals surface area contributed by atoms with E-state index in [-0.39, 0.29) is 24.0 Å². The molecule has 0 bridgehead atoms. The molecule has 0 aliphatic rings. The summed E-state index contributed by atoms with van der Waals surface area (Å²) in [5, 5.41) is 2.57. The Morgan fingerprint density at radius 2 is 1.75 bits per heavy atom. The van der Waals surface area contributed by atoms with Crippen LogP contribution in [0.25, 0.3) is 22.9 Å². The fraction of sp³-hybridized carbons (Fsp3) is 0.118. The van der Waals surface area contributed by atoms with E-state index in [9.17, 15) is 0 Å². The van der Waals surface area contributed by atoms with E-state index in [1.165, 1.54) is 22.2 Å². The van der Waals surface area contributed by atoms with Crippen LogP contribution in [0.5, 0.6) is 0 Å². The van der Waals surface area contributed by atoms with Gasteiger partial charge in [0.2, 0.25) is 0 Å². The lowest BCUT2D eigenvalue weighted by molar-refractivity contribution is -0.672. The Morgan fingerprint density at radius 3 is 2.50 bits per heavy atom. The zero-order chi connectivity index (χ0) is 13.2. The van der Waals surface area contributed by atoms with Gasteiger partial charge < -0.3 is 24.0 Å². The third-order valence-electron chi connectivity index (χ3n) is 3.47. The van der Waals surface area contributed by atoms with Crippen LogP contribution in [-0.4, -0.2) is 4.57 Å². The first-order chi connectivity index (χ1) is 9.25. The quantitative estimate of drug-likeness (QED) is 0.446. The van der Waals surface area contributed by atoms with Crippen molar-refractivity contribution in [2.24, 2.45) is 14.1 Å². The smallest absolute Gasteiger partial charge is 0.280 e. The lowest BCUT2D eigenvalue weighted by atomic mass is 10.0. The number of benzene rings is 2. The molecule has 3 heteroatoms. The molecule has 20 heavy (non-hydrogen) atoms. The molecule has 1 aromatic heterocycles. The lowest BCUT2D eigenvalue weighted by Gasteiger charge is -2.01. The molecule has 2 nitrogen and oxygen atoms in total. The molecule has 0 unspecified atom stereocenters. The van der Waals surface area contributed by atoms with Gasteiger partial charge in [0.1, 0.15) is 12.4 Å². The summed E-state index contributed by atoms with van der Waals surface area (Å²) >= 11 is 0. The fourth-order valence-electron chi connectivity index (χ4n) is 2.40. The minimum atomic E-state index is 0. The molecule has 102 valence electrons. The number of halogens is 1. The molecular weight excluding hydrogens is 359 g/mol. The molecular formula is C17H17IN2. The van der Waals surface area contributed by atoms with Gasteiger partial charge >= 0.3 is 0 Å². The number of hydrogen-bond donors (Lipinski definition) is 0. The summed E-state index contributed by atoms with van der Waals surface area (Å²) in [7, 11) is 4.12. The molecule has 0 saturated carbocycles. The highest BCUT2D eigenvalue weighted by Crippen LogP contribution is 2.20. The molecule has 0 N–H and O–H groups in total. The van der Waals surface area contributed by atoms with Crippen molar-refractivity contribution in [3.8, 4) is 0 Å². The number of aryl methyl sites for hydroxylation is 2. The Kier molecular flexibility index (Phi) is 4.60. The Balaban J connectivity index is 0.00000147. The minimum Gasteiger partial charge on any atom is -1.00 e. The molecule has 0 fully saturated rings. The van der Waals surface area contributed by atoms with Gasteiger partial charge in [-0.05, 0) is 22.4 Å². The fourth-order valence-corrected chi connectivity index (χ4v) is 2.40. The minimum absolute atomic E-state index is 0. The van der Waals surface area contributed by atoms with E-state index in [0.29, 0.717) is 0 Å². The van der Waals surface area contributed by atoms with Crippen molar-refractivity contribution < 1.29 is 28.5 Å². The Labute approximate surface area is 136 Å². The van der Waals surface area contributed by atoms with E-state index < -0.39 is 0 Å². The number of aromatic nitrogens is 2. The van der Waals surface area contributed by atoms with Crippen LogP contribution >= 0.6 is 0 Å². The predicted molar refractivity (Wildman–Crippen MR) is 79.5 cm³/mol. The van der Waals surface area contributed by atoms with Gasteiger partial charge in [-0.3, -0.25) is 0 Å². The molecule has 0 spiro atoms. The van der Waals surface area contributed by atoms with Crippen LogP contribution in [0.15, 0.2) is 54.9 Å². The summed E-state index contributed by atoms with van der Waals surface area (Å²) in [6, 6.07) is 14.9. The summed E-state index contributed by atoms with van der Waals surface area (Å²) < 4.78 is 4.23. The van der Waals surface area contributed by atoms with Crippen molar-refractivity contribution in [1.82, 2.24) is 4.57 Å². The Hall–Kier alpha value is -1.62. The van der Waals surface area contributed by atoms with Crippen LogP contribution < -0.4 is 28.5 Å². The molecule has 3 aromatic rings. The maximum Gasteiger partial charge on any atom is 0.280 e. The van der Waals surface area contributed by atoms with E-state index in [2.05, 4.69) is 90.2 Å². The second kappa shape index (κ2) is 6.22. The van der Waals surface area contributed by atoms with Gasteiger partial charge in [0.25, 0.3) is 5.82 Å². The standard InChI is InChI=1S/C17H17N2.HI/c1-18-12-13-19(2)17(18)11-10-15-8-5-7-14-6-3-4-9-16(14)15;/h3-13H,1-2H3;1H/q+1;/p-1. The van der Waals surface area contributed by atoms with Crippen LogP contribution in [0.4, 0.5) is 0 Å². The second-order valence-electron chi connectivity index (χ2n) is 4.78. The summed E-state index contributed by atoms with van der Waals surface area (Å²) in [6.45, 7) is 0. The molecule has 0 atom stereocenters. The molecule has 0 amide bonds. The molecule has 1 heterocycles. The maximum atomic E-state index is 2.18. The first-order valence-corrected chi connectivity index (χ1v) is 6.42. The largest absolute Gasteiger partial charge is 1.00 e. The van der Waals surface area contributed by atoms with Crippen molar-refractivity contribution >= 4 is 22.9 Å². The number of imidazole rings is 1. The van der Waals surface area contributed by atoms with Crippen LogP contribution in [0.2, 0.25) is 0 Å². The Morgan fingerprint density at radius 1 is 1.00 bits per heavy atom. The van der Waals surface area contributed by atoms with E-state index in [1.807, 2.05) is 0 Å². The summed E-state index contributed by atoms with van der Waals surface area (Å²) in [6.07, 6.45) is 8.45. The Bertz CT molecular complexity index is 732. The normalized spacial score (nSPS) is 10.9. The van der Waals surface area contributed by atoms with Gasteiger partial charge in [-0.15, -0.1) is 0 Å². The van der Waals surface area contributed by atoms with Gasteiger partial charge in [-0.25, -0.2) is 9.13 Å². The summed E-state index contributed by atoms with van der Waals surface area (Å²) in [4.78, 5) is 0. The molecule has 0 radical (unpaired) electrons. The average molecular weight is 376 g/mol. The highest BCUT2D eigenvalue weighted by molar-refractivity contribution is 5.92. The zero-order valence-electron chi connectivity index (χ0n) is 11.6. The number of rotatable bonds is 2. The van der Waals surface area contributed by atoms with E-state index in [0.717, 1.165) is 0 Å². The topological polar surface area (TPSA) is 8.81 Å². The predicted octanol–water partition coefficient (Wildman–Crippen LogP) is 0.177. The highest BCUT2D eigenvalue weighted by atomic mass is 127. The third-order valence-corrected chi connectivity index (χ3v) is 3.47. The highest BCUT2D eigenvalue weighted by Gasteiger charge is 2.06. The monoisotopic (exact) mass is 376 g/mol. The van der Waals surface area contributed by atoms with Crippen molar-refractivity contribution in [2.45, 2.75) is 0 Å². The third kappa shape index (κ3) is 2.77. The lowest BCUT2D eigenvalue weighted by Crippen LogP contribution is -3.00. The van der Waals surface area contributed by atoms with E-state index >= 15 is 0 Å². The maximum absolute atomic E-state index is 2.18. The first kappa shape index (κ1) is 14.8. The number of fused-ring (bicyclic) bond motifs is 1. The number of hydrogen-bond acceptors (Lipinski definition) is 0. The van der Waals surface area contributed by atoms with Gasteiger partial charge in [-0.2, -0.15) is 0 Å². The van der Waals surface area contributed by atoms with Crippen molar-refractivity contribution in [3.05, 3.63) is 66.2 Å². The van der Waals surface area contributed by atoms with E-state index in [4.69, 9.17) is 0 Å². The number of nitrogens with zero attached hydrogens (tertiary/aromatic N) is 2. The van der Waals surface area contributed by atoms with Gasteiger partial charge in [0, 0.05) is 6.08 Å². The molecule has 0 aliphatic carbocycles. The molecule has 0 saturated heterocycles. The van der Waals surface area contributed by atoms with Crippen molar-refractivity contribution in [1.29, 1.82) is 0 Å². The molecule has 2 aromatic carbocycles. The average Bonchev–Trinajstić information content (AvgIpc) is 2.76. The zero-order valence-corrected chi connectivity index (χ0v) is 13.8.